The second-order valence-corrected chi connectivity index (χ2v) is 9.94. The highest BCUT2D eigenvalue weighted by Gasteiger charge is 2.27. The van der Waals surface area contributed by atoms with Crippen LogP contribution in [0.4, 0.5) is 5.69 Å². The molecule has 31 heavy (non-hydrogen) atoms. The molecule has 0 aromatic heterocycles. The molecule has 1 amide bonds. The molecule has 172 valence electrons. The molecule has 0 spiro atoms. The standard InChI is InChI=1S/C25H40N4O2/c1-20-15-28(16-21(2)31-20)17-22-8-11-27(12-9-22)19-25(30)26-14-23-10-13-29(18-23)24-6-4-3-5-7-24/h3-7,20-23H,8-19H2,1-2H3,(H,26,30). The fourth-order valence-corrected chi connectivity index (χ4v) is 5.52. The van der Waals surface area contributed by atoms with Gasteiger partial charge in [0, 0.05) is 45.0 Å². The van der Waals surface area contributed by atoms with Crippen molar-refractivity contribution < 1.29 is 9.53 Å². The summed E-state index contributed by atoms with van der Waals surface area (Å²) in [5, 5.41) is 3.20. The molecule has 0 saturated carbocycles. The molecule has 1 N–H and O–H groups in total. The quantitative estimate of drug-likeness (QED) is 0.723. The van der Waals surface area contributed by atoms with Gasteiger partial charge >= 0.3 is 0 Å². The van der Waals surface area contributed by atoms with Crippen LogP contribution < -0.4 is 10.2 Å². The highest BCUT2D eigenvalue weighted by Crippen LogP contribution is 2.23. The number of likely N-dealkylation sites (tertiary alicyclic amines) is 1. The van der Waals surface area contributed by atoms with Crippen molar-refractivity contribution in [3.63, 3.8) is 0 Å². The zero-order chi connectivity index (χ0) is 21.6. The lowest BCUT2D eigenvalue weighted by atomic mass is 9.95. The van der Waals surface area contributed by atoms with Gasteiger partial charge in [-0.25, -0.2) is 0 Å². The maximum Gasteiger partial charge on any atom is 0.234 e. The second-order valence-electron chi connectivity index (χ2n) is 9.94. The minimum absolute atomic E-state index is 0.187. The summed E-state index contributed by atoms with van der Waals surface area (Å²) in [7, 11) is 0. The molecule has 1 aromatic rings. The first-order chi connectivity index (χ1) is 15.0. The topological polar surface area (TPSA) is 48.0 Å². The summed E-state index contributed by atoms with van der Waals surface area (Å²) in [6.07, 6.45) is 4.23. The molecule has 4 rings (SSSR count). The van der Waals surface area contributed by atoms with Gasteiger partial charge in [0.25, 0.3) is 0 Å². The minimum Gasteiger partial charge on any atom is -0.373 e. The Morgan fingerprint density at radius 3 is 2.32 bits per heavy atom. The van der Waals surface area contributed by atoms with Gasteiger partial charge < -0.3 is 15.0 Å². The number of amides is 1. The molecule has 0 aliphatic carbocycles. The Balaban J connectivity index is 1.11. The summed E-state index contributed by atoms with van der Waals surface area (Å²) >= 11 is 0. The number of carbonyl (C=O) groups is 1. The maximum absolute atomic E-state index is 12.5. The zero-order valence-electron chi connectivity index (χ0n) is 19.3. The first kappa shape index (κ1) is 22.6. The number of hydrogen-bond donors (Lipinski definition) is 1. The van der Waals surface area contributed by atoms with E-state index in [2.05, 4.69) is 64.2 Å². The molecule has 3 saturated heterocycles. The van der Waals surface area contributed by atoms with E-state index in [0.29, 0.717) is 24.7 Å². The third-order valence-electron chi connectivity index (χ3n) is 7.08. The lowest BCUT2D eigenvalue weighted by Crippen LogP contribution is -2.49. The van der Waals surface area contributed by atoms with Crippen molar-refractivity contribution in [3.8, 4) is 0 Å². The number of morpholine rings is 1. The molecule has 6 nitrogen and oxygen atoms in total. The molecule has 1 aromatic carbocycles. The summed E-state index contributed by atoms with van der Waals surface area (Å²) in [4.78, 5) is 19.8. The van der Waals surface area contributed by atoms with E-state index < -0.39 is 0 Å². The lowest BCUT2D eigenvalue weighted by molar-refractivity contribution is -0.122. The van der Waals surface area contributed by atoms with Crippen molar-refractivity contribution >= 4 is 11.6 Å². The van der Waals surface area contributed by atoms with Crippen LogP contribution in [-0.2, 0) is 9.53 Å². The van der Waals surface area contributed by atoms with Gasteiger partial charge in [0.1, 0.15) is 0 Å². The van der Waals surface area contributed by atoms with Crippen LogP contribution >= 0.6 is 0 Å². The number of ether oxygens (including phenoxy) is 1. The number of piperidine rings is 1. The molecule has 3 atom stereocenters. The van der Waals surface area contributed by atoms with Crippen molar-refractivity contribution in [2.75, 3.05) is 63.8 Å². The van der Waals surface area contributed by atoms with E-state index in [-0.39, 0.29) is 5.91 Å². The van der Waals surface area contributed by atoms with Crippen LogP contribution in [0.3, 0.4) is 0 Å². The van der Waals surface area contributed by atoms with Crippen LogP contribution in [0.15, 0.2) is 30.3 Å². The van der Waals surface area contributed by atoms with Crippen molar-refractivity contribution in [1.82, 2.24) is 15.1 Å². The number of hydrogen-bond acceptors (Lipinski definition) is 5. The van der Waals surface area contributed by atoms with Crippen molar-refractivity contribution in [3.05, 3.63) is 30.3 Å². The average Bonchev–Trinajstić information content (AvgIpc) is 3.23. The number of rotatable bonds is 7. The number of para-hydroxylation sites is 1. The summed E-state index contributed by atoms with van der Waals surface area (Å²) in [6.45, 7) is 13.2. The summed E-state index contributed by atoms with van der Waals surface area (Å²) in [5.41, 5.74) is 1.29. The van der Waals surface area contributed by atoms with Gasteiger partial charge in [-0.05, 0) is 70.2 Å². The number of carbonyl (C=O) groups excluding carboxylic acids is 1. The van der Waals surface area contributed by atoms with E-state index in [1.807, 2.05) is 0 Å². The van der Waals surface area contributed by atoms with E-state index in [0.717, 1.165) is 58.2 Å². The van der Waals surface area contributed by atoms with Crippen LogP contribution in [0.1, 0.15) is 33.1 Å². The van der Waals surface area contributed by atoms with E-state index in [1.54, 1.807) is 0 Å². The molecule has 3 aliphatic heterocycles. The largest absolute Gasteiger partial charge is 0.373 e. The molecule has 6 heteroatoms. The second kappa shape index (κ2) is 10.8. The molecule has 3 unspecified atom stereocenters. The maximum atomic E-state index is 12.5. The first-order valence-corrected chi connectivity index (χ1v) is 12.2. The lowest BCUT2D eigenvalue weighted by Gasteiger charge is -2.39. The van der Waals surface area contributed by atoms with Crippen LogP contribution in [0.2, 0.25) is 0 Å². The first-order valence-electron chi connectivity index (χ1n) is 12.2. The van der Waals surface area contributed by atoms with Crippen molar-refractivity contribution in [2.24, 2.45) is 11.8 Å². The summed E-state index contributed by atoms with van der Waals surface area (Å²) in [5.74, 6) is 1.49. The zero-order valence-corrected chi connectivity index (χ0v) is 19.3. The molecule has 3 heterocycles. The molecule has 3 fully saturated rings. The normalized spacial score (nSPS) is 28.7. The Labute approximate surface area is 187 Å². The Bertz CT molecular complexity index is 682. The Kier molecular flexibility index (Phi) is 7.86. The Morgan fingerprint density at radius 1 is 0.935 bits per heavy atom. The third kappa shape index (κ3) is 6.67. The van der Waals surface area contributed by atoms with Gasteiger partial charge in [-0.15, -0.1) is 0 Å². The molecular weight excluding hydrogens is 388 g/mol. The van der Waals surface area contributed by atoms with Gasteiger partial charge in [0.2, 0.25) is 5.91 Å². The summed E-state index contributed by atoms with van der Waals surface area (Å²) in [6, 6.07) is 10.6. The predicted molar refractivity (Wildman–Crippen MR) is 125 cm³/mol. The van der Waals surface area contributed by atoms with Gasteiger partial charge in [-0.3, -0.25) is 14.6 Å². The average molecular weight is 429 g/mol. The van der Waals surface area contributed by atoms with Gasteiger partial charge in [0.05, 0.1) is 18.8 Å². The van der Waals surface area contributed by atoms with E-state index >= 15 is 0 Å². The Hall–Kier alpha value is -1.63. The molecule has 0 radical (unpaired) electrons. The number of nitrogens with zero attached hydrogens (tertiary/aromatic N) is 3. The third-order valence-corrected chi connectivity index (χ3v) is 7.08. The number of anilines is 1. The van der Waals surface area contributed by atoms with Crippen LogP contribution in [0.5, 0.6) is 0 Å². The molecule has 0 bridgehead atoms. The van der Waals surface area contributed by atoms with E-state index in [9.17, 15) is 4.79 Å². The molecule has 3 aliphatic rings. The van der Waals surface area contributed by atoms with E-state index in [1.165, 1.54) is 25.1 Å². The number of benzene rings is 1. The van der Waals surface area contributed by atoms with Gasteiger partial charge in [-0.1, -0.05) is 18.2 Å². The van der Waals surface area contributed by atoms with Crippen LogP contribution in [0.25, 0.3) is 0 Å². The van der Waals surface area contributed by atoms with Crippen molar-refractivity contribution in [1.29, 1.82) is 0 Å². The van der Waals surface area contributed by atoms with Crippen molar-refractivity contribution in [2.45, 2.75) is 45.3 Å². The highest BCUT2D eigenvalue weighted by molar-refractivity contribution is 5.78. The van der Waals surface area contributed by atoms with E-state index in [4.69, 9.17) is 4.74 Å². The SMILES string of the molecule is CC1CN(CC2CCN(CC(=O)NCC3CCN(c4ccccc4)C3)CC2)CC(C)O1. The smallest absolute Gasteiger partial charge is 0.234 e. The fourth-order valence-electron chi connectivity index (χ4n) is 5.52. The van der Waals surface area contributed by atoms with Crippen LogP contribution in [-0.4, -0.2) is 86.8 Å². The summed E-state index contributed by atoms with van der Waals surface area (Å²) < 4.78 is 5.86. The Morgan fingerprint density at radius 2 is 1.61 bits per heavy atom. The van der Waals surface area contributed by atoms with Crippen LogP contribution in [0, 0.1) is 11.8 Å². The van der Waals surface area contributed by atoms with Gasteiger partial charge in [0.15, 0.2) is 0 Å². The highest BCUT2D eigenvalue weighted by atomic mass is 16.5. The predicted octanol–water partition coefficient (Wildman–Crippen LogP) is 2.45. The fraction of sp³-hybridized carbons (Fsp3) is 0.720. The minimum atomic E-state index is 0.187. The van der Waals surface area contributed by atoms with Gasteiger partial charge in [-0.2, -0.15) is 0 Å². The monoisotopic (exact) mass is 428 g/mol. The number of nitrogens with one attached hydrogen (secondary N) is 1. The molecular formula is C25H40N4O2.